The standard InChI is InChI=1S/C9H18N2/c1-3-5-6-9-10-7-8(4-2)11-9/h8H,3-7H2,1-2H3,(H,10,11). The molecule has 0 saturated heterocycles. The van der Waals surface area contributed by atoms with Crippen molar-refractivity contribution in [1.82, 2.24) is 5.32 Å². The van der Waals surface area contributed by atoms with E-state index in [0.29, 0.717) is 6.04 Å². The van der Waals surface area contributed by atoms with Gasteiger partial charge in [-0.3, -0.25) is 4.99 Å². The van der Waals surface area contributed by atoms with Gasteiger partial charge < -0.3 is 5.32 Å². The molecule has 11 heavy (non-hydrogen) atoms. The summed E-state index contributed by atoms with van der Waals surface area (Å²) < 4.78 is 0. The van der Waals surface area contributed by atoms with Gasteiger partial charge in [0, 0.05) is 12.5 Å². The van der Waals surface area contributed by atoms with Crippen LogP contribution in [0.3, 0.4) is 0 Å². The predicted molar refractivity (Wildman–Crippen MR) is 49.0 cm³/mol. The maximum Gasteiger partial charge on any atom is 0.0966 e. The van der Waals surface area contributed by atoms with Crippen molar-refractivity contribution in [1.29, 1.82) is 0 Å². The molecule has 2 heteroatoms. The number of nitrogens with zero attached hydrogens (tertiary/aromatic N) is 1. The molecule has 1 atom stereocenters. The van der Waals surface area contributed by atoms with Crippen LogP contribution in [0.1, 0.15) is 39.5 Å². The molecule has 1 rings (SSSR count). The molecule has 1 unspecified atom stereocenters. The second-order valence-electron chi connectivity index (χ2n) is 3.14. The van der Waals surface area contributed by atoms with Gasteiger partial charge in [-0.1, -0.05) is 20.3 Å². The number of rotatable bonds is 4. The third-order valence-corrected chi connectivity index (χ3v) is 2.13. The number of hydrogen-bond donors (Lipinski definition) is 1. The Morgan fingerprint density at radius 3 is 2.91 bits per heavy atom. The van der Waals surface area contributed by atoms with E-state index >= 15 is 0 Å². The van der Waals surface area contributed by atoms with Gasteiger partial charge in [-0.25, -0.2) is 0 Å². The Morgan fingerprint density at radius 2 is 2.36 bits per heavy atom. The van der Waals surface area contributed by atoms with E-state index in [1.165, 1.54) is 25.1 Å². The molecule has 2 nitrogen and oxygen atoms in total. The Hall–Kier alpha value is -0.530. The van der Waals surface area contributed by atoms with Crippen LogP contribution in [0.15, 0.2) is 4.99 Å². The molecule has 0 radical (unpaired) electrons. The van der Waals surface area contributed by atoms with Crippen molar-refractivity contribution in [3.63, 3.8) is 0 Å². The Balaban J connectivity index is 2.17. The summed E-state index contributed by atoms with van der Waals surface area (Å²) in [5.41, 5.74) is 0. The van der Waals surface area contributed by atoms with Crippen LogP contribution in [0.5, 0.6) is 0 Å². The molecule has 0 aromatic carbocycles. The summed E-state index contributed by atoms with van der Waals surface area (Å²) >= 11 is 0. The molecule has 0 amide bonds. The molecule has 0 spiro atoms. The number of unbranched alkanes of at least 4 members (excludes halogenated alkanes) is 1. The van der Waals surface area contributed by atoms with Crippen LogP contribution in [-0.4, -0.2) is 18.4 Å². The molecule has 1 heterocycles. The van der Waals surface area contributed by atoms with Gasteiger partial charge in [-0.2, -0.15) is 0 Å². The van der Waals surface area contributed by atoms with Crippen LogP contribution >= 0.6 is 0 Å². The normalized spacial score (nSPS) is 23.1. The zero-order valence-electron chi connectivity index (χ0n) is 7.56. The summed E-state index contributed by atoms with van der Waals surface area (Å²) in [6.07, 6.45) is 4.87. The van der Waals surface area contributed by atoms with Gasteiger partial charge >= 0.3 is 0 Å². The number of aliphatic imine (C=N–C) groups is 1. The van der Waals surface area contributed by atoms with E-state index in [2.05, 4.69) is 24.2 Å². The predicted octanol–water partition coefficient (Wildman–Crippen LogP) is 1.96. The SMILES string of the molecule is CCCCC1=NCC(CC)N1. The first-order valence-electron chi connectivity index (χ1n) is 4.66. The molecule has 0 aromatic rings. The topological polar surface area (TPSA) is 24.4 Å². The van der Waals surface area contributed by atoms with Gasteiger partial charge in [0.05, 0.1) is 12.4 Å². The molecular weight excluding hydrogens is 136 g/mol. The maximum absolute atomic E-state index is 4.43. The van der Waals surface area contributed by atoms with E-state index in [1.807, 2.05) is 0 Å². The first kappa shape index (κ1) is 8.57. The van der Waals surface area contributed by atoms with Crippen LogP contribution in [0.25, 0.3) is 0 Å². The summed E-state index contributed by atoms with van der Waals surface area (Å²) in [6, 6.07) is 0.627. The quantitative estimate of drug-likeness (QED) is 0.657. The summed E-state index contributed by atoms with van der Waals surface area (Å²) in [7, 11) is 0. The first-order valence-corrected chi connectivity index (χ1v) is 4.66. The molecule has 1 aliphatic heterocycles. The molecule has 0 fully saturated rings. The van der Waals surface area contributed by atoms with E-state index in [4.69, 9.17) is 0 Å². The molecule has 0 bridgehead atoms. The third-order valence-electron chi connectivity index (χ3n) is 2.13. The van der Waals surface area contributed by atoms with E-state index in [0.717, 1.165) is 13.0 Å². The van der Waals surface area contributed by atoms with Crippen molar-refractivity contribution in [2.75, 3.05) is 6.54 Å². The highest BCUT2D eigenvalue weighted by Gasteiger charge is 2.13. The monoisotopic (exact) mass is 154 g/mol. The molecule has 1 aliphatic rings. The summed E-state index contributed by atoms with van der Waals surface area (Å²) in [6.45, 7) is 5.41. The minimum atomic E-state index is 0.627. The van der Waals surface area contributed by atoms with E-state index in [-0.39, 0.29) is 0 Å². The lowest BCUT2D eigenvalue weighted by molar-refractivity contribution is 0.631. The Labute approximate surface area is 69.1 Å². The van der Waals surface area contributed by atoms with Crippen LogP contribution in [-0.2, 0) is 0 Å². The molecule has 0 saturated carbocycles. The van der Waals surface area contributed by atoms with E-state index < -0.39 is 0 Å². The van der Waals surface area contributed by atoms with Crippen molar-refractivity contribution < 1.29 is 0 Å². The van der Waals surface area contributed by atoms with Gasteiger partial charge in [0.15, 0.2) is 0 Å². The van der Waals surface area contributed by atoms with E-state index in [9.17, 15) is 0 Å². The highest BCUT2D eigenvalue weighted by Crippen LogP contribution is 2.04. The fraction of sp³-hybridized carbons (Fsp3) is 0.889. The summed E-state index contributed by atoms with van der Waals surface area (Å²) in [5.74, 6) is 1.23. The average Bonchev–Trinajstić information content (AvgIpc) is 2.48. The zero-order valence-corrected chi connectivity index (χ0v) is 7.56. The van der Waals surface area contributed by atoms with Gasteiger partial charge in [0.25, 0.3) is 0 Å². The highest BCUT2D eigenvalue weighted by molar-refractivity contribution is 5.83. The Kier molecular flexibility index (Phi) is 3.40. The maximum atomic E-state index is 4.43. The van der Waals surface area contributed by atoms with Gasteiger partial charge in [0.1, 0.15) is 0 Å². The average molecular weight is 154 g/mol. The smallest absolute Gasteiger partial charge is 0.0966 e. The lowest BCUT2D eigenvalue weighted by Gasteiger charge is -2.07. The van der Waals surface area contributed by atoms with Gasteiger partial charge in [-0.15, -0.1) is 0 Å². The van der Waals surface area contributed by atoms with Crippen LogP contribution in [0.2, 0.25) is 0 Å². The van der Waals surface area contributed by atoms with Crippen molar-refractivity contribution in [3.05, 3.63) is 0 Å². The van der Waals surface area contributed by atoms with Crippen LogP contribution in [0, 0.1) is 0 Å². The van der Waals surface area contributed by atoms with Crippen LogP contribution < -0.4 is 5.32 Å². The van der Waals surface area contributed by atoms with Crippen molar-refractivity contribution in [2.24, 2.45) is 4.99 Å². The van der Waals surface area contributed by atoms with Gasteiger partial charge in [0.2, 0.25) is 0 Å². The molecule has 64 valence electrons. The summed E-state index contributed by atoms with van der Waals surface area (Å²) in [4.78, 5) is 4.43. The lowest BCUT2D eigenvalue weighted by Crippen LogP contribution is -2.29. The minimum absolute atomic E-state index is 0.627. The highest BCUT2D eigenvalue weighted by atomic mass is 15.1. The largest absolute Gasteiger partial charge is 0.369 e. The van der Waals surface area contributed by atoms with E-state index in [1.54, 1.807) is 0 Å². The van der Waals surface area contributed by atoms with Gasteiger partial charge in [-0.05, 0) is 12.8 Å². The van der Waals surface area contributed by atoms with Crippen molar-refractivity contribution in [3.8, 4) is 0 Å². The van der Waals surface area contributed by atoms with Crippen molar-refractivity contribution >= 4 is 5.84 Å². The minimum Gasteiger partial charge on any atom is -0.369 e. The second kappa shape index (κ2) is 4.37. The first-order chi connectivity index (χ1) is 5.36. The molecule has 0 aromatic heterocycles. The zero-order chi connectivity index (χ0) is 8.10. The molecular formula is C9H18N2. The summed E-state index contributed by atoms with van der Waals surface area (Å²) in [5, 5.41) is 3.43. The number of amidine groups is 1. The lowest BCUT2D eigenvalue weighted by atomic mass is 10.2. The second-order valence-corrected chi connectivity index (χ2v) is 3.14. The fourth-order valence-electron chi connectivity index (χ4n) is 1.27. The number of nitrogens with one attached hydrogen (secondary N) is 1. The number of hydrogen-bond acceptors (Lipinski definition) is 2. The molecule has 1 N–H and O–H groups in total. The van der Waals surface area contributed by atoms with Crippen LogP contribution in [0.4, 0.5) is 0 Å². The molecule has 0 aliphatic carbocycles. The third kappa shape index (κ3) is 2.52. The van der Waals surface area contributed by atoms with Crippen molar-refractivity contribution in [2.45, 2.75) is 45.6 Å². The fourth-order valence-corrected chi connectivity index (χ4v) is 1.27. The Bertz CT molecular complexity index is 140. The Morgan fingerprint density at radius 1 is 1.55 bits per heavy atom.